The average Bonchev–Trinajstić information content (AvgIpc) is 2.75. The molecule has 0 bridgehead atoms. The Bertz CT molecular complexity index is 842. The van der Waals surface area contributed by atoms with Crippen LogP contribution in [0.2, 0.25) is 0 Å². The van der Waals surface area contributed by atoms with Crippen molar-refractivity contribution in [2.75, 3.05) is 38.1 Å². The number of likely N-dealkylation sites (N-methyl/N-ethyl adjacent to an activating group) is 1. The lowest BCUT2D eigenvalue weighted by molar-refractivity contribution is -0.137. The molecular weight excluding hydrogens is 368 g/mol. The second-order valence-corrected chi connectivity index (χ2v) is 7.03. The van der Waals surface area contributed by atoms with Crippen molar-refractivity contribution in [1.82, 2.24) is 15.5 Å². The predicted molar refractivity (Wildman–Crippen MR) is 111 cm³/mol. The second kappa shape index (κ2) is 9.84. The number of nitrogens with zero attached hydrogens (tertiary/aromatic N) is 2. The SMILES string of the molecule is CN(C(=O)[C@H](Cc1ccccc1)NC(=O)CN1CCNCC1=O)c1ccccc1. The fourth-order valence-corrected chi connectivity index (χ4v) is 3.29. The molecule has 3 amide bonds. The lowest BCUT2D eigenvalue weighted by atomic mass is 10.0. The molecule has 0 unspecified atom stereocenters. The molecule has 1 fully saturated rings. The number of amides is 3. The minimum absolute atomic E-state index is 0.0475. The van der Waals surface area contributed by atoms with Crippen LogP contribution in [0.1, 0.15) is 5.56 Å². The van der Waals surface area contributed by atoms with E-state index in [1.165, 1.54) is 4.90 Å². The zero-order valence-corrected chi connectivity index (χ0v) is 16.5. The molecule has 3 rings (SSSR count). The number of piperazine rings is 1. The molecule has 1 atom stereocenters. The highest BCUT2D eigenvalue weighted by atomic mass is 16.2. The minimum atomic E-state index is -0.729. The molecule has 1 heterocycles. The topological polar surface area (TPSA) is 81.8 Å². The van der Waals surface area contributed by atoms with Crippen LogP contribution in [0.4, 0.5) is 5.69 Å². The van der Waals surface area contributed by atoms with Gasteiger partial charge in [0.15, 0.2) is 0 Å². The third-order valence-electron chi connectivity index (χ3n) is 4.91. The Hall–Kier alpha value is -3.19. The van der Waals surface area contributed by atoms with Gasteiger partial charge in [-0.15, -0.1) is 0 Å². The van der Waals surface area contributed by atoms with Gasteiger partial charge in [0, 0.05) is 32.2 Å². The van der Waals surface area contributed by atoms with Gasteiger partial charge >= 0.3 is 0 Å². The monoisotopic (exact) mass is 394 g/mol. The summed E-state index contributed by atoms with van der Waals surface area (Å²) < 4.78 is 0. The van der Waals surface area contributed by atoms with E-state index in [0.29, 0.717) is 19.5 Å². The smallest absolute Gasteiger partial charge is 0.249 e. The largest absolute Gasteiger partial charge is 0.342 e. The van der Waals surface area contributed by atoms with Gasteiger partial charge in [-0.25, -0.2) is 0 Å². The van der Waals surface area contributed by atoms with E-state index in [1.807, 2.05) is 60.7 Å². The van der Waals surface area contributed by atoms with E-state index >= 15 is 0 Å². The maximum absolute atomic E-state index is 13.2. The molecule has 2 aromatic rings. The lowest BCUT2D eigenvalue weighted by Gasteiger charge is -2.29. The molecule has 7 nitrogen and oxygen atoms in total. The highest BCUT2D eigenvalue weighted by molar-refractivity contribution is 5.99. The van der Waals surface area contributed by atoms with Crippen LogP contribution >= 0.6 is 0 Å². The average molecular weight is 394 g/mol. The van der Waals surface area contributed by atoms with Gasteiger partial charge in [0.2, 0.25) is 17.7 Å². The maximum atomic E-state index is 13.2. The van der Waals surface area contributed by atoms with Crippen molar-refractivity contribution in [2.24, 2.45) is 0 Å². The van der Waals surface area contributed by atoms with Gasteiger partial charge in [-0.05, 0) is 17.7 Å². The standard InChI is InChI=1S/C22H26N4O3/c1-25(18-10-6-3-7-11-18)22(29)19(14-17-8-4-2-5-9-17)24-20(27)16-26-13-12-23-15-21(26)28/h2-11,19,23H,12-16H2,1H3,(H,24,27)/t19-/m0/s1. The molecule has 1 aliphatic rings. The number of benzene rings is 2. The number of hydrogen-bond acceptors (Lipinski definition) is 4. The summed E-state index contributed by atoms with van der Waals surface area (Å²) in [7, 11) is 1.70. The highest BCUT2D eigenvalue weighted by Gasteiger charge is 2.27. The summed E-state index contributed by atoms with van der Waals surface area (Å²) in [5, 5.41) is 5.82. The molecule has 7 heteroatoms. The van der Waals surface area contributed by atoms with Crippen molar-refractivity contribution in [2.45, 2.75) is 12.5 Å². The van der Waals surface area contributed by atoms with Crippen LogP contribution in [0.3, 0.4) is 0 Å². The van der Waals surface area contributed by atoms with Gasteiger partial charge in [-0.3, -0.25) is 14.4 Å². The third kappa shape index (κ3) is 5.65. The molecule has 1 saturated heterocycles. The first kappa shape index (κ1) is 20.5. The fourth-order valence-electron chi connectivity index (χ4n) is 3.29. The van der Waals surface area contributed by atoms with Crippen molar-refractivity contribution >= 4 is 23.4 Å². The molecule has 2 N–H and O–H groups in total. The number of anilines is 1. The molecule has 152 valence electrons. The number of carbonyl (C=O) groups excluding carboxylic acids is 3. The molecule has 1 aliphatic heterocycles. The number of carbonyl (C=O) groups is 3. The summed E-state index contributed by atoms with van der Waals surface area (Å²) in [5.41, 5.74) is 1.70. The predicted octanol–water partition coefficient (Wildman–Crippen LogP) is 0.809. The fraction of sp³-hybridized carbons (Fsp3) is 0.318. The highest BCUT2D eigenvalue weighted by Crippen LogP contribution is 2.14. The van der Waals surface area contributed by atoms with Crippen molar-refractivity contribution in [1.29, 1.82) is 0 Å². The number of rotatable bonds is 7. The normalized spacial score (nSPS) is 14.9. The van der Waals surface area contributed by atoms with Crippen molar-refractivity contribution < 1.29 is 14.4 Å². The maximum Gasteiger partial charge on any atom is 0.249 e. The first-order valence-corrected chi connectivity index (χ1v) is 9.69. The van der Waals surface area contributed by atoms with Gasteiger partial charge in [0.1, 0.15) is 6.04 Å². The van der Waals surface area contributed by atoms with Crippen LogP contribution in [0, 0.1) is 0 Å². The Morgan fingerprint density at radius 2 is 1.76 bits per heavy atom. The minimum Gasteiger partial charge on any atom is -0.342 e. The molecular formula is C22H26N4O3. The van der Waals surface area contributed by atoms with Gasteiger partial charge in [0.05, 0.1) is 13.1 Å². The zero-order chi connectivity index (χ0) is 20.6. The van der Waals surface area contributed by atoms with Gasteiger partial charge < -0.3 is 20.4 Å². The zero-order valence-electron chi connectivity index (χ0n) is 16.5. The Kier molecular flexibility index (Phi) is 6.97. The van der Waals surface area contributed by atoms with Crippen molar-refractivity contribution in [3.63, 3.8) is 0 Å². The van der Waals surface area contributed by atoms with Crippen molar-refractivity contribution in [3.8, 4) is 0 Å². The number of para-hydroxylation sites is 1. The summed E-state index contributed by atoms with van der Waals surface area (Å²) in [6, 6.07) is 18.1. The van der Waals surface area contributed by atoms with Crippen LogP contribution in [0.25, 0.3) is 0 Å². The number of nitrogens with one attached hydrogen (secondary N) is 2. The van der Waals surface area contributed by atoms with E-state index in [9.17, 15) is 14.4 Å². The molecule has 0 spiro atoms. The van der Waals surface area contributed by atoms with E-state index in [-0.39, 0.29) is 30.8 Å². The summed E-state index contributed by atoms with van der Waals surface area (Å²) >= 11 is 0. The van der Waals surface area contributed by atoms with E-state index in [0.717, 1.165) is 11.3 Å². The van der Waals surface area contributed by atoms with E-state index in [2.05, 4.69) is 10.6 Å². The van der Waals surface area contributed by atoms with Gasteiger partial charge in [-0.1, -0.05) is 48.5 Å². The first-order valence-electron chi connectivity index (χ1n) is 9.69. The van der Waals surface area contributed by atoms with Crippen LogP contribution < -0.4 is 15.5 Å². The van der Waals surface area contributed by atoms with E-state index in [4.69, 9.17) is 0 Å². The second-order valence-electron chi connectivity index (χ2n) is 7.03. The Morgan fingerprint density at radius 3 is 2.41 bits per heavy atom. The van der Waals surface area contributed by atoms with Crippen LogP contribution in [0.15, 0.2) is 60.7 Å². The number of hydrogen-bond donors (Lipinski definition) is 2. The Morgan fingerprint density at radius 1 is 1.10 bits per heavy atom. The van der Waals surface area contributed by atoms with E-state index in [1.54, 1.807) is 11.9 Å². The molecule has 0 aromatic heterocycles. The summed E-state index contributed by atoms with van der Waals surface area (Å²) in [6.45, 7) is 1.32. The molecule has 2 aromatic carbocycles. The first-order chi connectivity index (χ1) is 14.0. The molecule has 0 aliphatic carbocycles. The summed E-state index contributed by atoms with van der Waals surface area (Å²) in [4.78, 5) is 40.8. The van der Waals surface area contributed by atoms with Crippen LogP contribution in [0.5, 0.6) is 0 Å². The molecule has 0 saturated carbocycles. The van der Waals surface area contributed by atoms with Gasteiger partial charge in [-0.2, -0.15) is 0 Å². The summed E-state index contributed by atoms with van der Waals surface area (Å²) in [5.74, 6) is -0.658. The Labute approximate surface area is 170 Å². The quantitative estimate of drug-likeness (QED) is 0.728. The lowest BCUT2D eigenvalue weighted by Crippen LogP contribution is -2.54. The van der Waals surface area contributed by atoms with Crippen molar-refractivity contribution in [3.05, 3.63) is 66.2 Å². The van der Waals surface area contributed by atoms with Crippen LogP contribution in [-0.2, 0) is 20.8 Å². The van der Waals surface area contributed by atoms with E-state index < -0.39 is 6.04 Å². The van der Waals surface area contributed by atoms with Crippen LogP contribution in [-0.4, -0.2) is 61.9 Å². The molecule has 29 heavy (non-hydrogen) atoms. The Balaban J connectivity index is 1.72. The molecule has 0 radical (unpaired) electrons. The summed E-state index contributed by atoms with van der Waals surface area (Å²) in [6.07, 6.45) is 0.373. The van der Waals surface area contributed by atoms with Gasteiger partial charge in [0.25, 0.3) is 0 Å². The third-order valence-corrected chi connectivity index (χ3v) is 4.91.